The van der Waals surface area contributed by atoms with E-state index in [-0.39, 0.29) is 17.2 Å². The number of aromatic nitrogens is 2. The summed E-state index contributed by atoms with van der Waals surface area (Å²) in [5.41, 5.74) is 2.36. The standard InChI is InChI=1S/C27H21N3O3S2/c1-17-23(18-8-4-2-5-9-18)24-25(32)29-27(30-26(24)35-17)34-16-22(31)28-19-12-14-21(15-13-19)33-20-10-6-3-7-11-20/h2-15H,16H2,1H3,(H,28,31)(H,29,30,32). The number of benzene rings is 3. The highest BCUT2D eigenvalue weighted by atomic mass is 32.2. The average Bonchev–Trinajstić information content (AvgIpc) is 3.21. The highest BCUT2D eigenvalue weighted by molar-refractivity contribution is 7.99. The lowest BCUT2D eigenvalue weighted by Crippen LogP contribution is -2.15. The Balaban J connectivity index is 1.24. The number of amides is 1. The predicted molar refractivity (Wildman–Crippen MR) is 143 cm³/mol. The largest absolute Gasteiger partial charge is 0.457 e. The van der Waals surface area contributed by atoms with Gasteiger partial charge >= 0.3 is 0 Å². The number of para-hydroxylation sites is 1. The van der Waals surface area contributed by atoms with Gasteiger partial charge in [-0.3, -0.25) is 9.59 Å². The quantitative estimate of drug-likeness (QED) is 0.198. The molecule has 0 aliphatic rings. The minimum Gasteiger partial charge on any atom is -0.457 e. The molecule has 0 radical (unpaired) electrons. The molecule has 5 aromatic rings. The topological polar surface area (TPSA) is 84.1 Å². The van der Waals surface area contributed by atoms with Crippen LogP contribution in [0.5, 0.6) is 11.5 Å². The number of anilines is 1. The summed E-state index contributed by atoms with van der Waals surface area (Å²) in [5.74, 6) is 1.35. The maximum Gasteiger partial charge on any atom is 0.260 e. The Bertz CT molecular complexity index is 1530. The molecular formula is C27H21N3O3S2. The molecule has 0 fully saturated rings. The Morgan fingerprint density at radius 1 is 0.971 bits per heavy atom. The number of thioether (sulfide) groups is 1. The fraction of sp³-hybridized carbons (Fsp3) is 0.0741. The van der Waals surface area contributed by atoms with Crippen molar-refractivity contribution < 1.29 is 9.53 Å². The van der Waals surface area contributed by atoms with Gasteiger partial charge < -0.3 is 15.0 Å². The molecule has 3 aromatic carbocycles. The number of aryl methyl sites for hydroxylation is 1. The van der Waals surface area contributed by atoms with E-state index in [9.17, 15) is 9.59 Å². The SMILES string of the molecule is Cc1sc2nc(SCC(=O)Nc3ccc(Oc4ccccc4)cc3)[nH]c(=O)c2c1-c1ccccc1. The number of nitrogens with one attached hydrogen (secondary N) is 2. The zero-order valence-electron chi connectivity index (χ0n) is 18.8. The van der Waals surface area contributed by atoms with Crippen LogP contribution in [0.15, 0.2) is 94.9 Å². The molecule has 35 heavy (non-hydrogen) atoms. The van der Waals surface area contributed by atoms with Crippen LogP contribution in [0.4, 0.5) is 5.69 Å². The molecule has 0 bridgehead atoms. The highest BCUT2D eigenvalue weighted by Crippen LogP contribution is 2.35. The van der Waals surface area contributed by atoms with E-state index in [2.05, 4.69) is 15.3 Å². The van der Waals surface area contributed by atoms with E-state index in [1.807, 2.05) is 67.6 Å². The normalized spacial score (nSPS) is 10.9. The van der Waals surface area contributed by atoms with Crippen LogP contribution in [0.3, 0.4) is 0 Å². The number of thiophene rings is 1. The first-order chi connectivity index (χ1) is 17.1. The summed E-state index contributed by atoms with van der Waals surface area (Å²) in [6.45, 7) is 1.99. The van der Waals surface area contributed by atoms with Crippen LogP contribution >= 0.6 is 23.1 Å². The summed E-state index contributed by atoms with van der Waals surface area (Å²) in [5, 5.41) is 3.87. The summed E-state index contributed by atoms with van der Waals surface area (Å²) in [7, 11) is 0. The zero-order valence-corrected chi connectivity index (χ0v) is 20.4. The van der Waals surface area contributed by atoms with Crippen molar-refractivity contribution in [3.63, 3.8) is 0 Å². The van der Waals surface area contributed by atoms with Crippen LogP contribution in [0.25, 0.3) is 21.3 Å². The molecule has 0 spiro atoms. The van der Waals surface area contributed by atoms with Gasteiger partial charge in [0.25, 0.3) is 5.56 Å². The Labute approximate surface area is 210 Å². The Morgan fingerprint density at radius 2 is 1.63 bits per heavy atom. The second kappa shape index (κ2) is 10.2. The maximum atomic E-state index is 12.9. The van der Waals surface area contributed by atoms with E-state index < -0.39 is 0 Å². The first-order valence-electron chi connectivity index (χ1n) is 10.9. The van der Waals surface area contributed by atoms with E-state index in [1.54, 1.807) is 24.3 Å². The molecule has 0 unspecified atom stereocenters. The van der Waals surface area contributed by atoms with Gasteiger partial charge in [0.1, 0.15) is 16.3 Å². The molecule has 6 nitrogen and oxygen atoms in total. The Morgan fingerprint density at radius 3 is 2.34 bits per heavy atom. The molecule has 0 aliphatic carbocycles. The van der Waals surface area contributed by atoms with Crippen molar-refractivity contribution in [1.29, 1.82) is 0 Å². The summed E-state index contributed by atoms with van der Waals surface area (Å²) in [6.07, 6.45) is 0. The van der Waals surface area contributed by atoms with Crippen molar-refractivity contribution >= 4 is 44.9 Å². The molecule has 1 amide bonds. The van der Waals surface area contributed by atoms with Crippen LogP contribution < -0.4 is 15.6 Å². The lowest BCUT2D eigenvalue weighted by atomic mass is 10.0. The number of ether oxygens (including phenoxy) is 1. The van der Waals surface area contributed by atoms with Crippen molar-refractivity contribution in [2.75, 3.05) is 11.1 Å². The molecule has 2 heterocycles. The van der Waals surface area contributed by atoms with Gasteiger partial charge in [-0.05, 0) is 48.9 Å². The number of rotatable bonds is 7. The van der Waals surface area contributed by atoms with Crippen molar-refractivity contribution in [2.45, 2.75) is 12.1 Å². The number of H-pyrrole nitrogens is 1. The van der Waals surface area contributed by atoms with Crippen molar-refractivity contribution in [3.05, 3.63) is 100 Å². The van der Waals surface area contributed by atoms with Gasteiger partial charge in [-0.25, -0.2) is 4.98 Å². The van der Waals surface area contributed by atoms with Gasteiger partial charge in [0.2, 0.25) is 5.91 Å². The number of carbonyl (C=O) groups excluding carboxylic acids is 1. The van der Waals surface area contributed by atoms with Crippen LogP contribution in [0.2, 0.25) is 0 Å². The number of hydrogen-bond donors (Lipinski definition) is 2. The molecule has 0 saturated heterocycles. The van der Waals surface area contributed by atoms with Crippen molar-refractivity contribution in [3.8, 4) is 22.6 Å². The Hall–Kier alpha value is -3.88. The number of carbonyl (C=O) groups is 1. The number of nitrogens with zero attached hydrogens (tertiary/aromatic N) is 1. The van der Waals surface area contributed by atoms with E-state index >= 15 is 0 Å². The van der Waals surface area contributed by atoms with E-state index in [1.165, 1.54) is 23.1 Å². The molecule has 8 heteroatoms. The Kier molecular flexibility index (Phi) is 6.65. The van der Waals surface area contributed by atoms with Gasteiger partial charge in [-0.1, -0.05) is 60.3 Å². The summed E-state index contributed by atoms with van der Waals surface area (Å²) < 4.78 is 5.77. The third kappa shape index (κ3) is 5.29. The number of aromatic amines is 1. The molecule has 0 aliphatic heterocycles. The van der Waals surface area contributed by atoms with Gasteiger partial charge in [-0.15, -0.1) is 11.3 Å². The number of hydrogen-bond acceptors (Lipinski definition) is 6. The fourth-order valence-corrected chi connectivity index (χ4v) is 5.45. The van der Waals surface area contributed by atoms with Crippen LogP contribution in [-0.4, -0.2) is 21.6 Å². The molecule has 0 saturated carbocycles. The van der Waals surface area contributed by atoms with Gasteiger partial charge in [0, 0.05) is 16.1 Å². The van der Waals surface area contributed by atoms with E-state index in [0.29, 0.717) is 26.8 Å². The molecular weight excluding hydrogens is 478 g/mol. The molecule has 174 valence electrons. The van der Waals surface area contributed by atoms with Crippen LogP contribution in [0.1, 0.15) is 4.88 Å². The van der Waals surface area contributed by atoms with Crippen LogP contribution in [0, 0.1) is 6.92 Å². The second-order valence-electron chi connectivity index (χ2n) is 7.73. The molecule has 0 atom stereocenters. The lowest BCUT2D eigenvalue weighted by molar-refractivity contribution is -0.113. The smallest absolute Gasteiger partial charge is 0.260 e. The molecule has 5 rings (SSSR count). The van der Waals surface area contributed by atoms with E-state index in [0.717, 1.165) is 21.8 Å². The summed E-state index contributed by atoms with van der Waals surface area (Å²) in [6, 6.07) is 26.5. The maximum absolute atomic E-state index is 12.9. The van der Waals surface area contributed by atoms with Crippen molar-refractivity contribution in [1.82, 2.24) is 9.97 Å². The predicted octanol–water partition coefficient (Wildman–Crippen LogP) is 6.48. The fourth-order valence-electron chi connectivity index (χ4n) is 3.68. The van der Waals surface area contributed by atoms with Gasteiger partial charge in [0.05, 0.1) is 11.1 Å². The first-order valence-corrected chi connectivity index (χ1v) is 12.7. The average molecular weight is 500 g/mol. The van der Waals surface area contributed by atoms with E-state index in [4.69, 9.17) is 4.74 Å². The second-order valence-corrected chi connectivity index (χ2v) is 9.89. The number of fused-ring (bicyclic) bond motifs is 1. The third-order valence-corrected chi connectivity index (χ3v) is 7.11. The summed E-state index contributed by atoms with van der Waals surface area (Å²) in [4.78, 5) is 34.5. The lowest BCUT2D eigenvalue weighted by Gasteiger charge is -2.08. The van der Waals surface area contributed by atoms with Gasteiger partial charge in [0.15, 0.2) is 5.16 Å². The minimum atomic E-state index is -0.199. The molecule has 2 aromatic heterocycles. The molecule has 2 N–H and O–H groups in total. The van der Waals surface area contributed by atoms with Crippen molar-refractivity contribution in [2.24, 2.45) is 0 Å². The monoisotopic (exact) mass is 499 g/mol. The zero-order chi connectivity index (χ0) is 24.2. The third-order valence-electron chi connectivity index (χ3n) is 5.24. The first kappa shape index (κ1) is 22.9. The van der Waals surface area contributed by atoms with Crippen LogP contribution in [-0.2, 0) is 4.79 Å². The minimum absolute atomic E-state index is 0.118. The van der Waals surface area contributed by atoms with Gasteiger partial charge in [-0.2, -0.15) is 0 Å². The summed E-state index contributed by atoms with van der Waals surface area (Å²) >= 11 is 2.68. The highest BCUT2D eigenvalue weighted by Gasteiger charge is 2.17.